The van der Waals surface area contributed by atoms with Crippen LogP contribution in [0.5, 0.6) is 0 Å². The molecule has 0 heterocycles. The van der Waals surface area contributed by atoms with Crippen molar-refractivity contribution in [2.75, 3.05) is 7.11 Å². The van der Waals surface area contributed by atoms with Crippen LogP contribution in [-0.2, 0) is 9.53 Å². The lowest BCUT2D eigenvalue weighted by Gasteiger charge is -2.19. The van der Waals surface area contributed by atoms with Gasteiger partial charge in [-0.2, -0.15) is 13.2 Å². The van der Waals surface area contributed by atoms with Gasteiger partial charge in [0.2, 0.25) is 0 Å². The highest BCUT2D eigenvalue weighted by molar-refractivity contribution is 5.91. The van der Waals surface area contributed by atoms with Gasteiger partial charge in [0.25, 0.3) is 0 Å². The maximum Gasteiger partial charge on any atom is 0.406 e. The highest BCUT2D eigenvalue weighted by atomic mass is 19.4. The van der Waals surface area contributed by atoms with Gasteiger partial charge in [-0.1, -0.05) is 42.5 Å². The zero-order valence-corrected chi connectivity index (χ0v) is 10.1. The van der Waals surface area contributed by atoms with Gasteiger partial charge in [-0.25, -0.2) is 0 Å². The third kappa shape index (κ3) is 2.54. The lowest BCUT2D eigenvalue weighted by molar-refractivity contribution is -0.179. The molecule has 2 nitrogen and oxygen atoms in total. The molecule has 0 amide bonds. The third-order valence-corrected chi connectivity index (χ3v) is 2.90. The van der Waals surface area contributed by atoms with Gasteiger partial charge in [-0.15, -0.1) is 0 Å². The maximum absolute atomic E-state index is 13.1. The first-order chi connectivity index (χ1) is 8.95. The summed E-state index contributed by atoms with van der Waals surface area (Å²) in [4.78, 5) is 11.5. The van der Waals surface area contributed by atoms with Crippen LogP contribution in [0.4, 0.5) is 13.2 Å². The van der Waals surface area contributed by atoms with E-state index in [1.165, 1.54) is 12.1 Å². The zero-order valence-electron chi connectivity index (χ0n) is 10.1. The Kier molecular flexibility index (Phi) is 3.46. The third-order valence-electron chi connectivity index (χ3n) is 2.90. The minimum absolute atomic E-state index is 0.0857. The van der Waals surface area contributed by atoms with Gasteiger partial charge >= 0.3 is 12.1 Å². The van der Waals surface area contributed by atoms with Gasteiger partial charge < -0.3 is 4.74 Å². The van der Waals surface area contributed by atoms with Crippen molar-refractivity contribution >= 4 is 16.7 Å². The minimum atomic E-state index is -4.68. The number of carbonyl (C=O) groups is 1. The molecule has 19 heavy (non-hydrogen) atoms. The van der Waals surface area contributed by atoms with E-state index in [0.717, 1.165) is 7.11 Å². The first-order valence-corrected chi connectivity index (χ1v) is 5.57. The van der Waals surface area contributed by atoms with Crippen LogP contribution in [0, 0.1) is 0 Å². The van der Waals surface area contributed by atoms with Gasteiger partial charge in [-0.3, -0.25) is 4.79 Å². The Morgan fingerprint density at radius 3 is 2.37 bits per heavy atom. The normalized spacial score (nSPS) is 13.3. The number of rotatable bonds is 2. The van der Waals surface area contributed by atoms with Crippen LogP contribution in [0.1, 0.15) is 11.5 Å². The number of hydrogen-bond acceptors (Lipinski definition) is 2. The number of benzene rings is 2. The van der Waals surface area contributed by atoms with E-state index in [4.69, 9.17) is 0 Å². The van der Waals surface area contributed by atoms with Crippen LogP contribution in [0.3, 0.4) is 0 Å². The molecular weight excluding hydrogens is 257 g/mol. The number of alkyl halides is 3. The summed E-state index contributed by atoms with van der Waals surface area (Å²) in [6, 6.07) is 11.1. The smallest absolute Gasteiger partial charge is 0.406 e. The molecule has 0 N–H and O–H groups in total. The van der Waals surface area contributed by atoms with Gasteiger partial charge in [0.05, 0.1) is 7.11 Å². The van der Waals surface area contributed by atoms with E-state index in [-0.39, 0.29) is 5.56 Å². The summed E-state index contributed by atoms with van der Waals surface area (Å²) in [5.41, 5.74) is -0.0857. The van der Waals surface area contributed by atoms with Crippen LogP contribution in [0.25, 0.3) is 10.8 Å². The fraction of sp³-hybridized carbons (Fsp3) is 0.214. The highest BCUT2D eigenvalue weighted by Crippen LogP contribution is 2.38. The number of fused-ring (bicyclic) bond motifs is 1. The van der Waals surface area contributed by atoms with Gasteiger partial charge in [0, 0.05) is 0 Å². The van der Waals surface area contributed by atoms with E-state index in [0.29, 0.717) is 10.8 Å². The van der Waals surface area contributed by atoms with Gasteiger partial charge in [0.1, 0.15) is 0 Å². The van der Waals surface area contributed by atoms with E-state index in [2.05, 4.69) is 4.74 Å². The standard InChI is InChI=1S/C14H11F3O2/c1-19-13(18)12(14(15,16)17)11-8-4-6-9-5-2-3-7-10(9)11/h2-8,12H,1H3. The Morgan fingerprint density at radius 1 is 1.11 bits per heavy atom. The van der Waals surface area contributed by atoms with Crippen LogP contribution in [-0.4, -0.2) is 19.3 Å². The predicted octanol–water partition coefficient (Wildman–Crippen LogP) is 3.66. The summed E-state index contributed by atoms with van der Waals surface area (Å²) < 4.78 is 43.5. The monoisotopic (exact) mass is 268 g/mol. The van der Waals surface area contributed by atoms with E-state index >= 15 is 0 Å². The van der Waals surface area contributed by atoms with Crippen LogP contribution in [0.15, 0.2) is 42.5 Å². The maximum atomic E-state index is 13.1. The molecule has 0 spiro atoms. The predicted molar refractivity (Wildman–Crippen MR) is 64.8 cm³/mol. The number of esters is 1. The summed E-state index contributed by atoms with van der Waals surface area (Å²) in [7, 11) is 0.951. The average molecular weight is 268 g/mol. The van der Waals surface area contributed by atoms with E-state index in [1.807, 2.05) is 0 Å². The second kappa shape index (κ2) is 4.91. The molecule has 0 saturated carbocycles. The van der Waals surface area contributed by atoms with Crippen LogP contribution in [0.2, 0.25) is 0 Å². The van der Waals surface area contributed by atoms with Crippen LogP contribution < -0.4 is 0 Å². The molecule has 0 aliphatic heterocycles. The Morgan fingerprint density at radius 2 is 1.74 bits per heavy atom. The fourth-order valence-electron chi connectivity index (χ4n) is 2.06. The SMILES string of the molecule is COC(=O)C(c1cccc2ccccc12)C(F)(F)F. The number of carbonyl (C=O) groups excluding carboxylic acids is 1. The quantitative estimate of drug-likeness (QED) is 0.777. The first kappa shape index (κ1) is 13.4. The molecule has 0 aromatic heterocycles. The molecule has 1 unspecified atom stereocenters. The molecule has 1 atom stereocenters. The Hall–Kier alpha value is -2.04. The lowest BCUT2D eigenvalue weighted by Crippen LogP contribution is -2.29. The molecule has 2 aromatic carbocycles. The summed E-state index contributed by atoms with van der Waals surface area (Å²) in [5.74, 6) is -3.56. The second-order valence-electron chi connectivity index (χ2n) is 4.07. The van der Waals surface area contributed by atoms with Crippen molar-refractivity contribution in [1.82, 2.24) is 0 Å². The molecule has 100 valence electrons. The van der Waals surface area contributed by atoms with Crippen molar-refractivity contribution in [2.45, 2.75) is 12.1 Å². The summed E-state index contributed by atoms with van der Waals surface area (Å²) in [5, 5.41) is 1.05. The summed E-state index contributed by atoms with van der Waals surface area (Å²) >= 11 is 0. The summed E-state index contributed by atoms with van der Waals surface area (Å²) in [6.45, 7) is 0. The topological polar surface area (TPSA) is 26.3 Å². The molecule has 0 saturated heterocycles. The van der Waals surface area contributed by atoms with Crippen molar-refractivity contribution in [3.63, 3.8) is 0 Å². The lowest BCUT2D eigenvalue weighted by atomic mass is 9.93. The fourth-order valence-corrected chi connectivity index (χ4v) is 2.06. The largest absolute Gasteiger partial charge is 0.468 e. The number of hydrogen-bond donors (Lipinski definition) is 0. The molecular formula is C14H11F3O2. The Bertz CT molecular complexity index is 600. The van der Waals surface area contributed by atoms with Crippen LogP contribution >= 0.6 is 0 Å². The average Bonchev–Trinajstić information content (AvgIpc) is 2.37. The number of methoxy groups -OCH3 is 1. The molecule has 0 aliphatic carbocycles. The molecule has 0 radical (unpaired) electrons. The van der Waals surface area contributed by atoms with E-state index in [1.54, 1.807) is 30.3 Å². The van der Waals surface area contributed by atoms with Crippen molar-refractivity contribution in [2.24, 2.45) is 0 Å². The zero-order chi connectivity index (χ0) is 14.0. The van der Waals surface area contributed by atoms with E-state index in [9.17, 15) is 18.0 Å². The second-order valence-corrected chi connectivity index (χ2v) is 4.07. The summed E-state index contributed by atoms with van der Waals surface area (Å²) in [6.07, 6.45) is -4.68. The molecule has 0 fully saturated rings. The number of ether oxygens (including phenoxy) is 1. The molecule has 0 bridgehead atoms. The molecule has 0 aliphatic rings. The van der Waals surface area contributed by atoms with Gasteiger partial charge in [0.15, 0.2) is 5.92 Å². The number of halogens is 3. The molecule has 2 aromatic rings. The first-order valence-electron chi connectivity index (χ1n) is 5.57. The molecule has 5 heteroatoms. The Balaban J connectivity index is 2.66. The molecule has 2 rings (SSSR count). The Labute approximate surface area is 107 Å². The minimum Gasteiger partial charge on any atom is -0.468 e. The van der Waals surface area contributed by atoms with Gasteiger partial charge in [-0.05, 0) is 16.3 Å². The van der Waals surface area contributed by atoms with Crippen molar-refractivity contribution in [1.29, 1.82) is 0 Å². The van der Waals surface area contributed by atoms with Crippen molar-refractivity contribution in [3.05, 3.63) is 48.0 Å². The van der Waals surface area contributed by atoms with E-state index < -0.39 is 18.1 Å². The highest BCUT2D eigenvalue weighted by Gasteiger charge is 2.47. The van der Waals surface area contributed by atoms with Crippen molar-refractivity contribution in [3.8, 4) is 0 Å². The van der Waals surface area contributed by atoms with Crippen molar-refractivity contribution < 1.29 is 22.7 Å².